The first kappa shape index (κ1) is 12.6. The summed E-state index contributed by atoms with van der Waals surface area (Å²) in [6, 6.07) is 3.00. The average molecular weight is 228 g/mol. The predicted octanol–water partition coefficient (Wildman–Crippen LogP) is 1.90. The molecule has 1 rings (SSSR count). The third-order valence-corrected chi connectivity index (χ3v) is 2.37. The molecule has 88 valence electrons. The minimum absolute atomic E-state index is 0.0327. The van der Waals surface area contributed by atoms with E-state index in [0.29, 0.717) is 0 Å². The van der Waals surface area contributed by atoms with Gasteiger partial charge in [0, 0.05) is 6.07 Å². The molecule has 0 unspecified atom stereocenters. The number of rotatable bonds is 3. The van der Waals surface area contributed by atoms with E-state index < -0.39 is 17.2 Å². The van der Waals surface area contributed by atoms with Crippen molar-refractivity contribution in [1.82, 2.24) is 5.32 Å². The molecule has 0 fully saturated rings. The quantitative estimate of drug-likeness (QED) is 0.829. The Balaban J connectivity index is 2.85. The SMILES string of the molecule is CNC(C)(C)C(=O)Nc1ccc(F)cc1F. The van der Waals surface area contributed by atoms with E-state index in [9.17, 15) is 13.6 Å². The number of anilines is 1. The maximum Gasteiger partial charge on any atom is 0.244 e. The molecule has 0 aliphatic rings. The molecule has 0 spiro atoms. The minimum atomic E-state index is -0.819. The third kappa shape index (κ3) is 2.76. The first-order valence-corrected chi connectivity index (χ1v) is 4.82. The summed E-state index contributed by atoms with van der Waals surface area (Å²) in [6.07, 6.45) is 0. The molecule has 1 amide bonds. The molecule has 0 aromatic heterocycles. The Hall–Kier alpha value is -1.49. The van der Waals surface area contributed by atoms with Gasteiger partial charge in [0.25, 0.3) is 0 Å². The van der Waals surface area contributed by atoms with Crippen LogP contribution in [0.15, 0.2) is 18.2 Å². The van der Waals surface area contributed by atoms with Crippen LogP contribution in [0.3, 0.4) is 0 Å². The predicted molar refractivity (Wildman–Crippen MR) is 58.1 cm³/mol. The van der Waals surface area contributed by atoms with Crippen molar-refractivity contribution in [3.63, 3.8) is 0 Å². The van der Waals surface area contributed by atoms with Gasteiger partial charge in [-0.3, -0.25) is 4.79 Å². The topological polar surface area (TPSA) is 41.1 Å². The van der Waals surface area contributed by atoms with E-state index in [1.807, 2.05) is 0 Å². The number of carbonyl (C=O) groups excluding carboxylic acids is 1. The number of halogens is 2. The molecule has 0 aliphatic heterocycles. The van der Waals surface area contributed by atoms with Gasteiger partial charge in [-0.2, -0.15) is 0 Å². The molecule has 3 nitrogen and oxygen atoms in total. The molecule has 0 atom stereocenters. The Bertz CT molecular complexity index is 405. The third-order valence-electron chi connectivity index (χ3n) is 2.37. The maximum atomic E-state index is 13.2. The van der Waals surface area contributed by atoms with Crippen molar-refractivity contribution >= 4 is 11.6 Å². The monoisotopic (exact) mass is 228 g/mol. The lowest BCUT2D eigenvalue weighted by Gasteiger charge is -2.22. The van der Waals surface area contributed by atoms with Crippen LogP contribution in [0, 0.1) is 11.6 Å². The van der Waals surface area contributed by atoms with Gasteiger partial charge < -0.3 is 10.6 Å². The largest absolute Gasteiger partial charge is 0.322 e. The minimum Gasteiger partial charge on any atom is -0.322 e. The zero-order valence-corrected chi connectivity index (χ0v) is 9.40. The van der Waals surface area contributed by atoms with E-state index in [1.54, 1.807) is 20.9 Å². The lowest BCUT2D eigenvalue weighted by atomic mass is 10.1. The number of carbonyl (C=O) groups is 1. The van der Waals surface area contributed by atoms with Crippen molar-refractivity contribution in [2.45, 2.75) is 19.4 Å². The fourth-order valence-corrected chi connectivity index (χ4v) is 0.983. The van der Waals surface area contributed by atoms with Crippen molar-refractivity contribution in [3.8, 4) is 0 Å². The number of nitrogens with one attached hydrogen (secondary N) is 2. The van der Waals surface area contributed by atoms with Crippen LogP contribution < -0.4 is 10.6 Å². The Morgan fingerprint density at radius 1 is 1.31 bits per heavy atom. The summed E-state index contributed by atoms with van der Waals surface area (Å²) in [7, 11) is 1.63. The van der Waals surface area contributed by atoms with Crippen molar-refractivity contribution < 1.29 is 13.6 Å². The van der Waals surface area contributed by atoms with Crippen LogP contribution in [0.5, 0.6) is 0 Å². The zero-order chi connectivity index (χ0) is 12.3. The zero-order valence-electron chi connectivity index (χ0n) is 9.40. The molecule has 16 heavy (non-hydrogen) atoms. The van der Waals surface area contributed by atoms with E-state index in [1.165, 1.54) is 6.07 Å². The van der Waals surface area contributed by atoms with Gasteiger partial charge in [0.15, 0.2) is 0 Å². The molecule has 1 aromatic rings. The van der Waals surface area contributed by atoms with Crippen LogP contribution in [-0.4, -0.2) is 18.5 Å². The summed E-state index contributed by atoms with van der Waals surface area (Å²) < 4.78 is 25.8. The number of benzene rings is 1. The highest BCUT2D eigenvalue weighted by molar-refractivity contribution is 5.97. The van der Waals surface area contributed by atoms with Gasteiger partial charge in [0.1, 0.15) is 11.6 Å². The van der Waals surface area contributed by atoms with Gasteiger partial charge in [-0.05, 0) is 33.0 Å². The summed E-state index contributed by atoms with van der Waals surface area (Å²) in [5.41, 5.74) is -0.851. The molecule has 1 aromatic carbocycles. The molecule has 0 bridgehead atoms. The van der Waals surface area contributed by atoms with E-state index in [2.05, 4.69) is 10.6 Å². The number of amides is 1. The number of hydrogen-bond donors (Lipinski definition) is 2. The van der Waals surface area contributed by atoms with Crippen molar-refractivity contribution in [2.24, 2.45) is 0 Å². The fourth-order valence-electron chi connectivity index (χ4n) is 0.983. The Morgan fingerprint density at radius 3 is 2.44 bits per heavy atom. The van der Waals surface area contributed by atoms with Crippen molar-refractivity contribution in [3.05, 3.63) is 29.8 Å². The summed E-state index contributed by atoms with van der Waals surface area (Å²) >= 11 is 0. The van der Waals surface area contributed by atoms with E-state index in [0.717, 1.165) is 12.1 Å². The standard InChI is InChI=1S/C11H14F2N2O/c1-11(2,14-3)10(16)15-9-5-4-7(12)6-8(9)13/h4-6,14H,1-3H3,(H,15,16). The number of likely N-dealkylation sites (N-methyl/N-ethyl adjacent to an activating group) is 1. The van der Waals surface area contributed by atoms with Gasteiger partial charge in [0.05, 0.1) is 11.2 Å². The Kier molecular flexibility index (Phi) is 3.59. The van der Waals surface area contributed by atoms with Crippen molar-refractivity contribution in [1.29, 1.82) is 0 Å². The van der Waals surface area contributed by atoms with Crippen LogP contribution in [0.25, 0.3) is 0 Å². The Morgan fingerprint density at radius 2 is 1.94 bits per heavy atom. The molecular weight excluding hydrogens is 214 g/mol. The summed E-state index contributed by atoms with van der Waals surface area (Å²) in [4.78, 5) is 11.7. The molecule has 0 saturated carbocycles. The highest BCUT2D eigenvalue weighted by Crippen LogP contribution is 2.16. The lowest BCUT2D eigenvalue weighted by molar-refractivity contribution is -0.121. The summed E-state index contributed by atoms with van der Waals surface area (Å²) in [5.74, 6) is -1.86. The van der Waals surface area contributed by atoms with Crippen molar-refractivity contribution in [2.75, 3.05) is 12.4 Å². The highest BCUT2D eigenvalue weighted by Gasteiger charge is 2.25. The van der Waals surface area contributed by atoms with Gasteiger partial charge >= 0.3 is 0 Å². The molecule has 0 heterocycles. The molecule has 5 heteroatoms. The van der Waals surface area contributed by atoms with Crippen LogP contribution in [0.1, 0.15) is 13.8 Å². The summed E-state index contributed by atoms with van der Waals surface area (Å²) in [6.45, 7) is 3.31. The van der Waals surface area contributed by atoms with Gasteiger partial charge in [-0.25, -0.2) is 8.78 Å². The van der Waals surface area contributed by atoms with Crippen LogP contribution >= 0.6 is 0 Å². The molecule has 0 radical (unpaired) electrons. The molecule has 0 aliphatic carbocycles. The highest BCUT2D eigenvalue weighted by atomic mass is 19.1. The van der Waals surface area contributed by atoms with Crippen LogP contribution in [-0.2, 0) is 4.79 Å². The second-order valence-electron chi connectivity index (χ2n) is 3.95. The second-order valence-corrected chi connectivity index (χ2v) is 3.95. The van der Waals surface area contributed by atoms with Crippen LogP contribution in [0.4, 0.5) is 14.5 Å². The number of hydrogen-bond acceptors (Lipinski definition) is 2. The van der Waals surface area contributed by atoms with E-state index in [-0.39, 0.29) is 11.6 Å². The first-order valence-electron chi connectivity index (χ1n) is 4.82. The average Bonchev–Trinajstić information content (AvgIpc) is 2.22. The van der Waals surface area contributed by atoms with Gasteiger partial charge in [-0.15, -0.1) is 0 Å². The molecular formula is C11H14F2N2O. The smallest absolute Gasteiger partial charge is 0.244 e. The molecule has 0 saturated heterocycles. The Labute approximate surface area is 92.8 Å². The second kappa shape index (κ2) is 4.57. The normalized spacial score (nSPS) is 11.3. The molecule has 2 N–H and O–H groups in total. The first-order chi connectivity index (χ1) is 7.36. The lowest BCUT2D eigenvalue weighted by Crippen LogP contribution is -2.48. The van der Waals surface area contributed by atoms with E-state index in [4.69, 9.17) is 0 Å². The van der Waals surface area contributed by atoms with Crippen LogP contribution in [0.2, 0.25) is 0 Å². The van der Waals surface area contributed by atoms with Gasteiger partial charge in [-0.1, -0.05) is 0 Å². The fraction of sp³-hybridized carbons (Fsp3) is 0.364. The summed E-state index contributed by atoms with van der Waals surface area (Å²) in [5, 5.41) is 5.17. The van der Waals surface area contributed by atoms with Gasteiger partial charge in [0.2, 0.25) is 5.91 Å². The maximum absolute atomic E-state index is 13.2. The van der Waals surface area contributed by atoms with E-state index >= 15 is 0 Å².